The SMILES string of the molecule is Pc1c2n(c3ccccc13)CCOc1ccc3ccccc3c1-2. The normalized spacial score (nSPS) is 13.4. The molecule has 5 rings (SSSR count). The third kappa shape index (κ3) is 1.79. The fourth-order valence-corrected chi connectivity index (χ4v) is 4.24. The van der Waals surface area contributed by atoms with Crippen molar-refractivity contribution in [1.29, 1.82) is 0 Å². The predicted octanol–water partition coefficient (Wildman–Crippen LogP) is 4.35. The minimum atomic E-state index is 0.696. The van der Waals surface area contributed by atoms with E-state index >= 15 is 0 Å². The largest absolute Gasteiger partial charge is 0.491 e. The molecule has 0 spiro atoms. The number of hydrogen-bond acceptors (Lipinski definition) is 1. The van der Waals surface area contributed by atoms with E-state index < -0.39 is 0 Å². The van der Waals surface area contributed by atoms with Crippen LogP contribution >= 0.6 is 9.24 Å². The second-order valence-electron chi connectivity index (χ2n) is 5.94. The maximum absolute atomic E-state index is 6.07. The monoisotopic (exact) mass is 317 g/mol. The summed E-state index contributed by atoms with van der Waals surface area (Å²) in [5, 5.41) is 5.05. The molecule has 1 unspecified atom stereocenters. The summed E-state index contributed by atoms with van der Waals surface area (Å²) in [4.78, 5) is 0. The Morgan fingerprint density at radius 3 is 2.57 bits per heavy atom. The van der Waals surface area contributed by atoms with Crippen LogP contribution in [0.4, 0.5) is 0 Å². The average molecular weight is 317 g/mol. The van der Waals surface area contributed by atoms with E-state index in [0.29, 0.717) is 6.61 Å². The van der Waals surface area contributed by atoms with Crippen molar-refractivity contribution in [2.45, 2.75) is 6.54 Å². The fraction of sp³-hybridized carbons (Fsp3) is 0.100. The van der Waals surface area contributed by atoms with Crippen LogP contribution in [-0.2, 0) is 6.54 Å². The first-order valence-electron chi connectivity index (χ1n) is 7.86. The molecule has 0 amide bonds. The van der Waals surface area contributed by atoms with Gasteiger partial charge in [-0.2, -0.15) is 0 Å². The zero-order valence-electron chi connectivity index (χ0n) is 12.6. The molecule has 0 saturated heterocycles. The second kappa shape index (κ2) is 4.84. The van der Waals surface area contributed by atoms with Gasteiger partial charge in [0.25, 0.3) is 0 Å². The molecular formula is C20H16NOP. The minimum Gasteiger partial charge on any atom is -0.491 e. The van der Waals surface area contributed by atoms with E-state index in [1.165, 1.54) is 38.2 Å². The second-order valence-corrected chi connectivity index (χ2v) is 6.52. The Labute approximate surface area is 136 Å². The number of hydrogen-bond donors (Lipinski definition) is 0. The van der Waals surface area contributed by atoms with Crippen LogP contribution in [-0.4, -0.2) is 11.2 Å². The standard InChI is InChI=1S/C20H16NOP/c23-20-15-7-3-4-8-16(15)21-11-12-22-17-10-9-13-5-1-2-6-14(13)18(17)19(20)21/h1-10H,11-12,23H2. The van der Waals surface area contributed by atoms with Crippen LogP contribution in [0, 0.1) is 0 Å². The van der Waals surface area contributed by atoms with Gasteiger partial charge in [0.15, 0.2) is 0 Å². The zero-order chi connectivity index (χ0) is 15.4. The van der Waals surface area contributed by atoms with Gasteiger partial charge in [-0.25, -0.2) is 0 Å². The minimum absolute atomic E-state index is 0.696. The van der Waals surface area contributed by atoms with Gasteiger partial charge >= 0.3 is 0 Å². The van der Waals surface area contributed by atoms with Crippen LogP contribution < -0.4 is 10.0 Å². The van der Waals surface area contributed by atoms with Crippen molar-refractivity contribution in [2.24, 2.45) is 0 Å². The van der Waals surface area contributed by atoms with Gasteiger partial charge in [0.1, 0.15) is 12.4 Å². The maximum Gasteiger partial charge on any atom is 0.129 e. The lowest BCUT2D eigenvalue weighted by atomic mass is 10.0. The van der Waals surface area contributed by atoms with Crippen LogP contribution in [0.2, 0.25) is 0 Å². The molecule has 112 valence electrons. The number of ether oxygens (including phenoxy) is 1. The highest BCUT2D eigenvalue weighted by molar-refractivity contribution is 7.29. The van der Waals surface area contributed by atoms with Crippen molar-refractivity contribution in [3.63, 3.8) is 0 Å². The first kappa shape index (κ1) is 13.2. The quantitative estimate of drug-likeness (QED) is 0.440. The Bertz CT molecular complexity index is 1060. The third-order valence-electron chi connectivity index (χ3n) is 4.71. The van der Waals surface area contributed by atoms with Crippen molar-refractivity contribution in [1.82, 2.24) is 4.57 Å². The van der Waals surface area contributed by atoms with Crippen molar-refractivity contribution < 1.29 is 4.74 Å². The summed E-state index contributed by atoms with van der Waals surface area (Å²) >= 11 is 0. The molecule has 0 N–H and O–H groups in total. The molecule has 1 atom stereocenters. The Hall–Kier alpha value is -2.31. The summed E-state index contributed by atoms with van der Waals surface area (Å²) < 4.78 is 8.47. The van der Waals surface area contributed by atoms with Crippen molar-refractivity contribution in [3.8, 4) is 17.0 Å². The van der Waals surface area contributed by atoms with Gasteiger partial charge in [-0.1, -0.05) is 48.5 Å². The van der Waals surface area contributed by atoms with Gasteiger partial charge in [0.05, 0.1) is 12.2 Å². The molecular weight excluding hydrogens is 301 g/mol. The number of rotatable bonds is 0. The van der Waals surface area contributed by atoms with Crippen molar-refractivity contribution >= 4 is 36.2 Å². The van der Waals surface area contributed by atoms with Crippen LogP contribution in [0.25, 0.3) is 32.9 Å². The molecule has 0 saturated carbocycles. The van der Waals surface area contributed by atoms with Crippen LogP contribution in [0.3, 0.4) is 0 Å². The summed E-state index contributed by atoms with van der Waals surface area (Å²) in [6, 6.07) is 21.4. The Kier molecular flexibility index (Phi) is 2.77. The molecule has 0 bridgehead atoms. The van der Waals surface area contributed by atoms with E-state index in [0.717, 1.165) is 12.3 Å². The molecule has 23 heavy (non-hydrogen) atoms. The summed E-state index contributed by atoms with van der Waals surface area (Å²) in [5.41, 5.74) is 3.75. The molecule has 1 aliphatic heterocycles. The van der Waals surface area contributed by atoms with E-state index in [1.807, 2.05) is 0 Å². The lowest BCUT2D eigenvalue weighted by Gasteiger charge is -2.12. The molecule has 3 heteroatoms. The fourth-order valence-electron chi connectivity index (χ4n) is 3.70. The molecule has 2 heterocycles. The van der Waals surface area contributed by atoms with Gasteiger partial charge < -0.3 is 9.30 Å². The lowest BCUT2D eigenvalue weighted by molar-refractivity contribution is 0.308. The number of nitrogens with zero attached hydrogens (tertiary/aromatic N) is 1. The first-order chi connectivity index (χ1) is 11.3. The van der Waals surface area contributed by atoms with Crippen LogP contribution in [0.1, 0.15) is 0 Å². The van der Waals surface area contributed by atoms with Crippen LogP contribution in [0.15, 0.2) is 60.7 Å². The Morgan fingerprint density at radius 2 is 1.65 bits per heavy atom. The van der Waals surface area contributed by atoms with Gasteiger partial charge in [0, 0.05) is 21.8 Å². The molecule has 1 aliphatic rings. The summed E-state index contributed by atoms with van der Waals surface area (Å²) in [6.45, 7) is 1.56. The average Bonchev–Trinajstić information content (AvgIpc) is 2.76. The maximum atomic E-state index is 6.07. The highest BCUT2D eigenvalue weighted by Crippen LogP contribution is 2.40. The molecule has 0 fully saturated rings. The first-order valence-corrected chi connectivity index (χ1v) is 8.44. The molecule has 1 aromatic heterocycles. The van der Waals surface area contributed by atoms with Crippen molar-refractivity contribution in [3.05, 3.63) is 60.7 Å². The zero-order valence-corrected chi connectivity index (χ0v) is 13.8. The number of para-hydroxylation sites is 1. The highest BCUT2D eigenvalue weighted by atomic mass is 31.0. The van der Waals surface area contributed by atoms with Gasteiger partial charge in [0.2, 0.25) is 0 Å². The smallest absolute Gasteiger partial charge is 0.129 e. The number of fused-ring (bicyclic) bond motifs is 7. The van der Waals surface area contributed by atoms with Gasteiger partial charge in [-0.05, 0) is 22.9 Å². The van der Waals surface area contributed by atoms with Crippen LogP contribution in [0.5, 0.6) is 5.75 Å². The van der Waals surface area contributed by atoms with E-state index in [2.05, 4.69) is 74.5 Å². The molecule has 0 aliphatic carbocycles. The molecule has 2 nitrogen and oxygen atoms in total. The van der Waals surface area contributed by atoms with E-state index in [9.17, 15) is 0 Å². The van der Waals surface area contributed by atoms with Gasteiger partial charge in [-0.15, -0.1) is 9.24 Å². The Morgan fingerprint density at radius 1 is 0.870 bits per heavy atom. The van der Waals surface area contributed by atoms with Crippen molar-refractivity contribution in [2.75, 3.05) is 6.61 Å². The van der Waals surface area contributed by atoms with E-state index in [-0.39, 0.29) is 0 Å². The molecule has 3 aromatic carbocycles. The summed E-state index contributed by atoms with van der Waals surface area (Å²) in [5.74, 6) is 0.981. The topological polar surface area (TPSA) is 14.2 Å². The number of aromatic nitrogens is 1. The van der Waals surface area contributed by atoms with Gasteiger partial charge in [-0.3, -0.25) is 0 Å². The summed E-state index contributed by atoms with van der Waals surface area (Å²) in [7, 11) is 2.95. The lowest BCUT2D eigenvalue weighted by Crippen LogP contribution is -2.06. The van der Waals surface area contributed by atoms with E-state index in [4.69, 9.17) is 4.74 Å². The molecule has 0 radical (unpaired) electrons. The third-order valence-corrected chi connectivity index (χ3v) is 5.29. The van der Waals surface area contributed by atoms with E-state index in [1.54, 1.807) is 0 Å². The summed E-state index contributed by atoms with van der Waals surface area (Å²) in [6.07, 6.45) is 0. The Balaban J connectivity index is 2.00. The number of benzene rings is 3. The highest BCUT2D eigenvalue weighted by Gasteiger charge is 2.23. The predicted molar refractivity (Wildman–Crippen MR) is 99.7 cm³/mol. The molecule has 4 aromatic rings.